The minimum Gasteiger partial charge on any atom is -0.325 e. The van der Waals surface area contributed by atoms with Gasteiger partial charge in [-0.25, -0.2) is 0 Å². The molecular weight excluding hydrogens is 308 g/mol. The molecule has 0 aromatic heterocycles. The van der Waals surface area contributed by atoms with Gasteiger partial charge in [0.05, 0.1) is 17.6 Å². The Balaban J connectivity index is 1.69. The first-order valence-electron chi connectivity index (χ1n) is 9.13. The minimum absolute atomic E-state index is 0.0432. The fraction of sp³-hybridized carbons (Fsp3) is 0.364. The largest absolute Gasteiger partial charge is 0.325 e. The van der Waals surface area contributed by atoms with Crippen LogP contribution in [0.3, 0.4) is 0 Å². The Hall–Kier alpha value is -2.60. The number of amides is 1. The van der Waals surface area contributed by atoms with Gasteiger partial charge in [0.2, 0.25) is 5.91 Å². The van der Waals surface area contributed by atoms with Gasteiger partial charge in [-0.3, -0.25) is 4.79 Å². The van der Waals surface area contributed by atoms with Gasteiger partial charge in [0.15, 0.2) is 0 Å². The molecule has 1 fully saturated rings. The van der Waals surface area contributed by atoms with Gasteiger partial charge in [-0.05, 0) is 40.7 Å². The highest BCUT2D eigenvalue weighted by Crippen LogP contribution is 2.45. The summed E-state index contributed by atoms with van der Waals surface area (Å²) in [6, 6.07) is 16.0. The molecule has 0 saturated heterocycles. The third-order valence-electron chi connectivity index (χ3n) is 5.96. The molecule has 0 radical (unpaired) electrons. The summed E-state index contributed by atoms with van der Waals surface area (Å²) in [5.41, 5.74) is 4.56. The van der Waals surface area contributed by atoms with Gasteiger partial charge in [0, 0.05) is 5.69 Å². The van der Waals surface area contributed by atoms with Crippen LogP contribution in [-0.4, -0.2) is 5.91 Å². The van der Waals surface area contributed by atoms with Crippen molar-refractivity contribution in [3.63, 3.8) is 0 Å². The van der Waals surface area contributed by atoms with Crippen LogP contribution in [0.2, 0.25) is 0 Å². The zero-order chi connectivity index (χ0) is 17.4. The summed E-state index contributed by atoms with van der Waals surface area (Å²) >= 11 is 0. The number of nitriles is 1. The van der Waals surface area contributed by atoms with Gasteiger partial charge < -0.3 is 5.32 Å². The van der Waals surface area contributed by atoms with E-state index in [0.717, 1.165) is 22.4 Å². The molecular formula is C22H22N2O. The summed E-state index contributed by atoms with van der Waals surface area (Å²) in [5, 5.41) is 12.4. The predicted octanol–water partition coefficient (Wildman–Crippen LogP) is 5.09. The Kier molecular flexibility index (Phi) is 4.05. The maximum Gasteiger partial charge on any atom is 0.232 e. The van der Waals surface area contributed by atoms with E-state index in [1.165, 1.54) is 25.7 Å². The molecule has 1 saturated carbocycles. The van der Waals surface area contributed by atoms with Crippen LogP contribution in [-0.2, 0) is 4.79 Å². The summed E-state index contributed by atoms with van der Waals surface area (Å²) in [4.78, 5) is 12.6. The molecule has 0 bridgehead atoms. The molecule has 1 heterocycles. The lowest BCUT2D eigenvalue weighted by molar-refractivity contribution is -0.118. The summed E-state index contributed by atoms with van der Waals surface area (Å²) in [7, 11) is 0. The zero-order valence-corrected chi connectivity index (χ0v) is 14.5. The van der Waals surface area contributed by atoms with Crippen molar-refractivity contribution in [2.24, 2.45) is 11.8 Å². The van der Waals surface area contributed by atoms with Gasteiger partial charge in [-0.1, -0.05) is 62.9 Å². The summed E-state index contributed by atoms with van der Waals surface area (Å²) in [6.45, 7) is 2.23. The molecule has 0 spiro atoms. The second-order valence-electron chi connectivity index (χ2n) is 7.33. The number of hydrogen-bond donors (Lipinski definition) is 1. The first kappa shape index (κ1) is 15.9. The second-order valence-corrected chi connectivity index (χ2v) is 7.33. The number of nitrogens with zero attached hydrogens (tertiary/aromatic N) is 1. The molecule has 2 aliphatic rings. The van der Waals surface area contributed by atoms with Gasteiger partial charge in [-0.15, -0.1) is 0 Å². The van der Waals surface area contributed by atoms with Crippen LogP contribution in [0.4, 0.5) is 5.69 Å². The van der Waals surface area contributed by atoms with Gasteiger partial charge in [0.1, 0.15) is 0 Å². The van der Waals surface area contributed by atoms with Crippen molar-refractivity contribution in [3.05, 3.63) is 53.6 Å². The standard InChI is InChI=1S/C22H22N2O/c1-14(15-6-2-3-7-15)21-19-11-10-16(12-20(19)24-22(21)25)18-9-5-4-8-17(18)13-23/h4-5,8-12,14-15,21H,2-3,6-7H2,1H3,(H,24,25). The monoisotopic (exact) mass is 330 g/mol. The Morgan fingerprint density at radius 2 is 1.92 bits per heavy atom. The maximum atomic E-state index is 12.6. The summed E-state index contributed by atoms with van der Waals surface area (Å²) in [6.07, 6.45) is 5.07. The molecule has 25 heavy (non-hydrogen) atoms. The topological polar surface area (TPSA) is 52.9 Å². The highest BCUT2D eigenvalue weighted by Gasteiger charge is 2.38. The van der Waals surface area contributed by atoms with Gasteiger partial charge in [-0.2, -0.15) is 5.26 Å². The predicted molar refractivity (Wildman–Crippen MR) is 99.1 cm³/mol. The van der Waals surface area contributed by atoms with E-state index in [9.17, 15) is 10.1 Å². The Morgan fingerprint density at radius 3 is 2.68 bits per heavy atom. The quantitative estimate of drug-likeness (QED) is 0.852. The molecule has 1 amide bonds. The molecule has 126 valence electrons. The fourth-order valence-corrected chi connectivity index (χ4v) is 4.56. The van der Waals surface area contributed by atoms with E-state index in [1.807, 2.05) is 36.4 Å². The van der Waals surface area contributed by atoms with Crippen LogP contribution in [0.25, 0.3) is 11.1 Å². The third-order valence-corrected chi connectivity index (χ3v) is 5.96. The fourth-order valence-electron chi connectivity index (χ4n) is 4.56. The molecule has 2 aromatic carbocycles. The maximum absolute atomic E-state index is 12.6. The van der Waals surface area contributed by atoms with Crippen LogP contribution in [0.5, 0.6) is 0 Å². The van der Waals surface area contributed by atoms with E-state index in [4.69, 9.17) is 0 Å². The van der Waals surface area contributed by atoms with E-state index < -0.39 is 0 Å². The van der Waals surface area contributed by atoms with E-state index in [0.29, 0.717) is 17.4 Å². The molecule has 1 aliphatic heterocycles. The number of fused-ring (bicyclic) bond motifs is 1. The first-order chi connectivity index (χ1) is 12.2. The number of nitrogens with one attached hydrogen (secondary N) is 1. The number of benzene rings is 2. The van der Waals surface area contributed by atoms with Crippen molar-refractivity contribution in [2.45, 2.75) is 38.5 Å². The Bertz CT molecular complexity index is 859. The van der Waals surface area contributed by atoms with Crippen LogP contribution < -0.4 is 5.32 Å². The number of carbonyl (C=O) groups excluding carboxylic acids is 1. The normalized spacial score (nSPS) is 20.8. The molecule has 1 aliphatic carbocycles. The zero-order valence-electron chi connectivity index (χ0n) is 14.5. The number of hydrogen-bond acceptors (Lipinski definition) is 2. The lowest BCUT2D eigenvalue weighted by Crippen LogP contribution is -2.23. The van der Waals surface area contributed by atoms with Crippen molar-refractivity contribution in [3.8, 4) is 17.2 Å². The Morgan fingerprint density at radius 1 is 1.16 bits per heavy atom. The molecule has 2 aromatic rings. The molecule has 1 N–H and O–H groups in total. The van der Waals surface area contributed by atoms with E-state index in [1.54, 1.807) is 0 Å². The molecule has 4 rings (SSSR count). The molecule has 3 nitrogen and oxygen atoms in total. The average Bonchev–Trinajstić information content (AvgIpc) is 3.27. The molecule has 2 atom stereocenters. The number of carbonyl (C=O) groups is 1. The van der Waals surface area contributed by atoms with Crippen LogP contribution in [0.1, 0.15) is 49.7 Å². The average molecular weight is 330 g/mol. The lowest BCUT2D eigenvalue weighted by Gasteiger charge is -2.24. The van der Waals surface area contributed by atoms with Crippen molar-refractivity contribution in [2.75, 3.05) is 5.32 Å². The van der Waals surface area contributed by atoms with Crippen molar-refractivity contribution < 1.29 is 4.79 Å². The SMILES string of the molecule is CC(C1CCCC1)C1C(=O)Nc2cc(-c3ccccc3C#N)ccc21. The van der Waals surface area contributed by atoms with Crippen LogP contribution in [0, 0.1) is 23.2 Å². The second kappa shape index (κ2) is 6.37. The molecule has 3 heteroatoms. The van der Waals surface area contributed by atoms with E-state index in [2.05, 4.69) is 24.4 Å². The Labute approximate surface area is 148 Å². The summed E-state index contributed by atoms with van der Waals surface area (Å²) in [5.74, 6) is 1.11. The number of anilines is 1. The number of rotatable bonds is 3. The van der Waals surface area contributed by atoms with E-state index in [-0.39, 0.29) is 11.8 Å². The van der Waals surface area contributed by atoms with Gasteiger partial charge in [0.25, 0.3) is 0 Å². The minimum atomic E-state index is -0.0432. The highest BCUT2D eigenvalue weighted by molar-refractivity contribution is 6.03. The van der Waals surface area contributed by atoms with Gasteiger partial charge >= 0.3 is 0 Å². The van der Waals surface area contributed by atoms with Crippen molar-refractivity contribution in [1.82, 2.24) is 0 Å². The van der Waals surface area contributed by atoms with Crippen LogP contribution >= 0.6 is 0 Å². The van der Waals surface area contributed by atoms with Crippen LogP contribution in [0.15, 0.2) is 42.5 Å². The van der Waals surface area contributed by atoms with Crippen molar-refractivity contribution in [1.29, 1.82) is 5.26 Å². The van der Waals surface area contributed by atoms with E-state index >= 15 is 0 Å². The molecule has 2 unspecified atom stereocenters. The third kappa shape index (κ3) is 2.72. The smallest absolute Gasteiger partial charge is 0.232 e. The summed E-state index contributed by atoms with van der Waals surface area (Å²) < 4.78 is 0. The van der Waals surface area contributed by atoms with Crippen molar-refractivity contribution >= 4 is 11.6 Å². The first-order valence-corrected chi connectivity index (χ1v) is 9.13. The highest BCUT2D eigenvalue weighted by atomic mass is 16.2. The lowest BCUT2D eigenvalue weighted by atomic mass is 9.78.